The Morgan fingerprint density at radius 3 is 2.49 bits per heavy atom. The lowest BCUT2D eigenvalue weighted by Gasteiger charge is -2.40. The fraction of sp³-hybridized carbons (Fsp3) is 0.400. The number of nitrogens with zero attached hydrogens (tertiary/aromatic N) is 1. The van der Waals surface area contributed by atoms with Crippen LogP contribution in [0.3, 0.4) is 0 Å². The van der Waals surface area contributed by atoms with Crippen LogP contribution in [0.15, 0.2) is 72.8 Å². The summed E-state index contributed by atoms with van der Waals surface area (Å²) in [7, 11) is 0. The Kier molecular flexibility index (Phi) is 8.19. The molecular weight excluding hydrogens is 436 g/mol. The lowest BCUT2D eigenvalue weighted by Crippen LogP contribution is -2.47. The van der Waals surface area contributed by atoms with Crippen LogP contribution in [-0.4, -0.2) is 41.5 Å². The number of nitrogens with one attached hydrogen (secondary N) is 1. The molecule has 0 bridgehead atoms. The number of hydrogen-bond acceptors (Lipinski definition) is 3. The van der Waals surface area contributed by atoms with Gasteiger partial charge in [-0.15, -0.1) is 0 Å². The Balaban J connectivity index is 1.46. The molecule has 1 heterocycles. The molecule has 0 radical (unpaired) electrons. The third-order valence-corrected chi connectivity index (χ3v) is 7.48. The van der Waals surface area contributed by atoms with Crippen LogP contribution in [0.25, 0.3) is 10.8 Å². The lowest BCUT2D eigenvalue weighted by atomic mass is 9.80. The van der Waals surface area contributed by atoms with Gasteiger partial charge in [0.15, 0.2) is 0 Å². The first-order chi connectivity index (χ1) is 16.9. The molecule has 3 aromatic carbocycles. The van der Waals surface area contributed by atoms with Gasteiger partial charge >= 0.3 is 5.97 Å². The number of likely N-dealkylation sites (tertiary alicyclic amines) is 1. The standard InChI is InChI=1S/C30H36N2O3/c1-21(15-16-29(33)34)30(35)32-18-17-25(28(20-32)24-9-4-3-5-10-24)19-31-22(2)26-14-8-12-23-11-6-7-13-27(23)26/h3-14,21-22,25,28,31H,15-20H2,1-2H3,(H,33,34)/t21-,22-,25?,28?/m1/s1. The minimum absolute atomic E-state index is 0.0292. The molecule has 3 aromatic rings. The highest BCUT2D eigenvalue weighted by Gasteiger charge is 2.34. The molecule has 4 atom stereocenters. The second-order valence-corrected chi connectivity index (χ2v) is 9.88. The topological polar surface area (TPSA) is 69.6 Å². The number of piperidine rings is 1. The van der Waals surface area contributed by atoms with Gasteiger partial charge in [-0.2, -0.15) is 0 Å². The highest BCUT2D eigenvalue weighted by atomic mass is 16.4. The van der Waals surface area contributed by atoms with Gasteiger partial charge < -0.3 is 15.3 Å². The molecule has 2 N–H and O–H groups in total. The highest BCUT2D eigenvalue weighted by Crippen LogP contribution is 2.34. The van der Waals surface area contributed by atoms with E-state index in [4.69, 9.17) is 5.11 Å². The van der Waals surface area contributed by atoms with Crippen molar-refractivity contribution < 1.29 is 14.7 Å². The van der Waals surface area contributed by atoms with E-state index < -0.39 is 5.97 Å². The number of hydrogen-bond donors (Lipinski definition) is 2. The molecule has 4 rings (SSSR count). The van der Waals surface area contributed by atoms with E-state index in [-0.39, 0.29) is 30.2 Å². The van der Waals surface area contributed by atoms with Crippen LogP contribution in [0.5, 0.6) is 0 Å². The minimum atomic E-state index is -0.850. The highest BCUT2D eigenvalue weighted by molar-refractivity contribution is 5.86. The Bertz CT molecular complexity index is 1140. The number of carbonyl (C=O) groups is 2. The molecule has 5 heteroatoms. The van der Waals surface area contributed by atoms with Gasteiger partial charge in [-0.25, -0.2) is 0 Å². The second-order valence-electron chi connectivity index (χ2n) is 9.88. The molecule has 0 saturated carbocycles. The molecular formula is C30H36N2O3. The van der Waals surface area contributed by atoms with Crippen molar-refractivity contribution in [3.05, 3.63) is 83.9 Å². The Hall–Kier alpha value is -3.18. The summed E-state index contributed by atoms with van der Waals surface area (Å²) < 4.78 is 0. The number of fused-ring (bicyclic) bond motifs is 1. The molecule has 2 unspecified atom stereocenters. The number of carboxylic acids is 1. The number of rotatable bonds is 9. The molecule has 35 heavy (non-hydrogen) atoms. The van der Waals surface area contributed by atoms with Gasteiger partial charge in [0.1, 0.15) is 0 Å². The van der Waals surface area contributed by atoms with Gasteiger partial charge in [0.25, 0.3) is 0 Å². The monoisotopic (exact) mass is 472 g/mol. The number of carbonyl (C=O) groups excluding carboxylic acids is 1. The second kappa shape index (κ2) is 11.5. The molecule has 1 fully saturated rings. The maximum atomic E-state index is 13.1. The fourth-order valence-electron chi connectivity index (χ4n) is 5.36. The summed E-state index contributed by atoms with van der Waals surface area (Å²) in [5.74, 6) is -0.399. The number of amides is 1. The summed E-state index contributed by atoms with van der Waals surface area (Å²) >= 11 is 0. The van der Waals surface area contributed by atoms with Crippen molar-refractivity contribution in [3.8, 4) is 0 Å². The third-order valence-electron chi connectivity index (χ3n) is 7.48. The van der Waals surface area contributed by atoms with Crippen molar-refractivity contribution in [2.75, 3.05) is 19.6 Å². The molecule has 1 amide bonds. The third kappa shape index (κ3) is 6.09. The minimum Gasteiger partial charge on any atom is -0.481 e. The van der Waals surface area contributed by atoms with Crippen LogP contribution in [0.4, 0.5) is 0 Å². The molecule has 0 spiro atoms. The van der Waals surface area contributed by atoms with E-state index in [2.05, 4.69) is 79.0 Å². The zero-order valence-corrected chi connectivity index (χ0v) is 20.7. The predicted octanol–water partition coefficient (Wildman–Crippen LogP) is 5.62. The van der Waals surface area contributed by atoms with E-state index in [9.17, 15) is 9.59 Å². The molecule has 5 nitrogen and oxygen atoms in total. The summed E-state index contributed by atoms with van der Waals surface area (Å²) in [5, 5.41) is 15.3. The lowest BCUT2D eigenvalue weighted by molar-refractivity contribution is -0.139. The van der Waals surface area contributed by atoms with Crippen molar-refractivity contribution in [1.82, 2.24) is 10.2 Å². The Morgan fingerprint density at radius 1 is 1.00 bits per heavy atom. The quantitative estimate of drug-likeness (QED) is 0.424. The average molecular weight is 473 g/mol. The average Bonchev–Trinajstić information content (AvgIpc) is 2.90. The van der Waals surface area contributed by atoms with Gasteiger partial charge in [0.2, 0.25) is 5.91 Å². The molecule has 1 saturated heterocycles. The van der Waals surface area contributed by atoms with Crippen LogP contribution >= 0.6 is 0 Å². The zero-order chi connectivity index (χ0) is 24.8. The van der Waals surface area contributed by atoms with Crippen molar-refractivity contribution in [2.24, 2.45) is 11.8 Å². The summed E-state index contributed by atoms with van der Waals surface area (Å²) in [5.41, 5.74) is 2.56. The zero-order valence-electron chi connectivity index (χ0n) is 20.7. The number of carboxylic acid groups (broad SMARTS) is 1. The smallest absolute Gasteiger partial charge is 0.303 e. The van der Waals surface area contributed by atoms with Crippen LogP contribution in [0.2, 0.25) is 0 Å². The summed E-state index contributed by atoms with van der Waals surface area (Å²) in [6.45, 7) is 6.34. The van der Waals surface area contributed by atoms with Crippen LogP contribution in [0.1, 0.15) is 56.2 Å². The van der Waals surface area contributed by atoms with E-state index >= 15 is 0 Å². The molecule has 0 aromatic heterocycles. The van der Waals surface area contributed by atoms with Crippen molar-refractivity contribution in [1.29, 1.82) is 0 Å². The molecule has 1 aliphatic heterocycles. The maximum Gasteiger partial charge on any atom is 0.303 e. The first-order valence-electron chi connectivity index (χ1n) is 12.7. The Morgan fingerprint density at radius 2 is 1.71 bits per heavy atom. The maximum absolute atomic E-state index is 13.1. The van der Waals surface area contributed by atoms with E-state index in [0.29, 0.717) is 25.4 Å². The van der Waals surface area contributed by atoms with Crippen molar-refractivity contribution in [2.45, 2.75) is 45.1 Å². The van der Waals surface area contributed by atoms with Crippen LogP contribution in [-0.2, 0) is 9.59 Å². The number of benzene rings is 3. The van der Waals surface area contributed by atoms with Gasteiger partial charge in [0, 0.05) is 37.4 Å². The van der Waals surface area contributed by atoms with Gasteiger partial charge in [-0.1, -0.05) is 79.7 Å². The van der Waals surface area contributed by atoms with Crippen LogP contribution < -0.4 is 5.32 Å². The van der Waals surface area contributed by atoms with Gasteiger partial charge in [-0.05, 0) is 54.1 Å². The molecule has 0 aliphatic carbocycles. The SMILES string of the molecule is C[C@H](CCC(=O)O)C(=O)N1CCC(CN[C@H](C)c2cccc3ccccc23)C(c2ccccc2)C1. The summed E-state index contributed by atoms with van der Waals surface area (Å²) in [6.07, 6.45) is 1.34. The normalized spacial score (nSPS) is 19.9. The summed E-state index contributed by atoms with van der Waals surface area (Å²) in [4.78, 5) is 26.0. The Labute approximate surface area is 208 Å². The van der Waals surface area contributed by atoms with Crippen molar-refractivity contribution in [3.63, 3.8) is 0 Å². The van der Waals surface area contributed by atoms with E-state index in [1.807, 2.05) is 17.9 Å². The van der Waals surface area contributed by atoms with Gasteiger partial charge in [0.05, 0.1) is 0 Å². The largest absolute Gasteiger partial charge is 0.481 e. The molecule has 184 valence electrons. The van der Waals surface area contributed by atoms with Crippen molar-refractivity contribution >= 4 is 22.6 Å². The first-order valence-corrected chi connectivity index (χ1v) is 12.7. The first kappa shape index (κ1) is 24.9. The fourth-order valence-corrected chi connectivity index (χ4v) is 5.36. The van der Waals surface area contributed by atoms with Gasteiger partial charge in [-0.3, -0.25) is 9.59 Å². The van der Waals surface area contributed by atoms with E-state index in [0.717, 1.165) is 13.0 Å². The number of aliphatic carboxylic acids is 1. The summed E-state index contributed by atoms with van der Waals surface area (Å²) in [6, 6.07) is 25.7. The van der Waals surface area contributed by atoms with E-state index in [1.165, 1.54) is 21.9 Å². The molecule has 1 aliphatic rings. The van der Waals surface area contributed by atoms with Crippen LogP contribution in [0, 0.1) is 11.8 Å². The van der Waals surface area contributed by atoms with E-state index in [1.54, 1.807) is 0 Å². The predicted molar refractivity (Wildman–Crippen MR) is 140 cm³/mol.